The van der Waals surface area contributed by atoms with E-state index in [0.717, 1.165) is 18.3 Å². The van der Waals surface area contributed by atoms with E-state index in [2.05, 4.69) is 15.9 Å². The number of hydrogen-bond acceptors (Lipinski definition) is 1. The summed E-state index contributed by atoms with van der Waals surface area (Å²) in [4.78, 5) is 0. The van der Waals surface area contributed by atoms with Gasteiger partial charge in [-0.05, 0) is 50.4 Å². The smallest absolute Gasteiger partial charge is 0.0853 e. The van der Waals surface area contributed by atoms with Crippen LogP contribution in [0.3, 0.4) is 0 Å². The SMILES string of the molecule is S=P(Cl)(Cl)C12CC3CC(CC(Br)(C3)C1)C2. The first-order valence-electron chi connectivity index (χ1n) is 5.50. The van der Waals surface area contributed by atoms with Crippen LogP contribution in [0.15, 0.2) is 0 Å². The Morgan fingerprint density at radius 1 is 1.13 bits per heavy atom. The molecule has 0 nitrogen and oxygen atoms in total. The molecule has 2 atom stereocenters. The third-order valence-corrected chi connectivity index (χ3v) is 10.4. The Bertz CT molecular complexity index is 339. The van der Waals surface area contributed by atoms with Crippen LogP contribution in [0.2, 0.25) is 0 Å². The van der Waals surface area contributed by atoms with Gasteiger partial charge in [0.25, 0.3) is 0 Å². The zero-order valence-corrected chi connectivity index (χ0v) is 13.2. The van der Waals surface area contributed by atoms with Gasteiger partial charge in [-0.3, -0.25) is 0 Å². The first kappa shape index (κ1) is 11.8. The number of rotatable bonds is 1. The maximum absolute atomic E-state index is 6.39. The summed E-state index contributed by atoms with van der Waals surface area (Å²) >= 11 is 22.2. The van der Waals surface area contributed by atoms with Crippen LogP contribution in [0.4, 0.5) is 0 Å². The van der Waals surface area contributed by atoms with E-state index >= 15 is 0 Å². The average Bonchev–Trinajstić information content (AvgIpc) is 1.95. The predicted molar refractivity (Wildman–Crippen MR) is 75.1 cm³/mol. The van der Waals surface area contributed by atoms with Crippen molar-refractivity contribution in [2.75, 3.05) is 0 Å². The van der Waals surface area contributed by atoms with Gasteiger partial charge in [0.15, 0.2) is 0 Å². The lowest BCUT2D eigenvalue weighted by Crippen LogP contribution is -2.55. The number of alkyl halides is 1. The van der Waals surface area contributed by atoms with Gasteiger partial charge in [0, 0.05) is 9.48 Å². The molecule has 0 aliphatic heterocycles. The Balaban J connectivity index is 2.03. The summed E-state index contributed by atoms with van der Waals surface area (Å²) in [5, 5.41) is 0.110. The van der Waals surface area contributed by atoms with Crippen molar-refractivity contribution in [1.29, 1.82) is 0 Å². The molecule has 0 heterocycles. The van der Waals surface area contributed by atoms with Crippen molar-refractivity contribution in [2.24, 2.45) is 11.8 Å². The van der Waals surface area contributed by atoms with E-state index in [-0.39, 0.29) is 5.16 Å². The van der Waals surface area contributed by atoms with Crippen molar-refractivity contribution in [3.8, 4) is 0 Å². The van der Waals surface area contributed by atoms with Crippen molar-refractivity contribution in [3.05, 3.63) is 0 Å². The highest BCUT2D eigenvalue weighted by atomic mass is 79.9. The highest BCUT2D eigenvalue weighted by molar-refractivity contribution is 9.10. The fourth-order valence-corrected chi connectivity index (χ4v) is 9.33. The molecule has 0 saturated heterocycles. The molecule has 0 aromatic heterocycles. The van der Waals surface area contributed by atoms with Crippen molar-refractivity contribution in [3.63, 3.8) is 0 Å². The van der Waals surface area contributed by atoms with Crippen LogP contribution in [0.5, 0.6) is 0 Å². The van der Waals surface area contributed by atoms with E-state index in [0.29, 0.717) is 4.32 Å². The van der Waals surface area contributed by atoms with Gasteiger partial charge in [-0.1, -0.05) is 50.2 Å². The fraction of sp³-hybridized carbons (Fsp3) is 1.00. The summed E-state index contributed by atoms with van der Waals surface area (Å²) in [6.07, 6.45) is 7.53. The molecule has 86 valence electrons. The van der Waals surface area contributed by atoms with Crippen molar-refractivity contribution < 1.29 is 0 Å². The molecule has 4 fully saturated rings. The summed E-state index contributed by atoms with van der Waals surface area (Å²) in [6.45, 7) is 0. The van der Waals surface area contributed by atoms with Gasteiger partial charge in [-0.2, -0.15) is 0 Å². The minimum atomic E-state index is -2.16. The molecule has 4 rings (SSSR count). The predicted octanol–water partition coefficient (Wildman–Crippen LogP) is 5.26. The first-order chi connectivity index (χ1) is 6.82. The zero-order valence-electron chi connectivity index (χ0n) is 8.39. The lowest BCUT2D eigenvalue weighted by Gasteiger charge is -2.61. The van der Waals surface area contributed by atoms with Crippen LogP contribution in [0.1, 0.15) is 38.5 Å². The molecule has 0 N–H and O–H groups in total. The summed E-state index contributed by atoms with van der Waals surface area (Å²) < 4.78 is -1.84. The molecule has 4 aliphatic rings. The van der Waals surface area contributed by atoms with Gasteiger partial charge >= 0.3 is 0 Å². The molecule has 4 bridgehead atoms. The highest BCUT2D eigenvalue weighted by Crippen LogP contribution is 2.79. The molecule has 15 heavy (non-hydrogen) atoms. The molecular weight excluding hydrogens is 334 g/mol. The zero-order chi connectivity index (χ0) is 10.9. The maximum Gasteiger partial charge on any atom is 0.125 e. The van der Waals surface area contributed by atoms with Crippen LogP contribution in [-0.2, 0) is 11.8 Å². The molecule has 0 amide bonds. The van der Waals surface area contributed by atoms with E-state index in [4.69, 9.17) is 34.3 Å². The van der Waals surface area contributed by atoms with Crippen molar-refractivity contribution in [1.82, 2.24) is 0 Å². The normalized spacial score (nSPS) is 53.5. The van der Waals surface area contributed by atoms with Gasteiger partial charge in [-0.15, -0.1) is 0 Å². The molecule has 0 radical (unpaired) electrons. The van der Waals surface area contributed by atoms with E-state index in [9.17, 15) is 0 Å². The van der Waals surface area contributed by atoms with E-state index in [1.54, 1.807) is 0 Å². The second-order valence-electron chi connectivity index (χ2n) is 5.80. The molecule has 0 aromatic rings. The van der Waals surface area contributed by atoms with Crippen LogP contribution in [-0.4, -0.2) is 9.48 Å². The van der Waals surface area contributed by atoms with E-state index < -0.39 is 4.74 Å². The topological polar surface area (TPSA) is 0 Å². The average molecular weight is 348 g/mol. The van der Waals surface area contributed by atoms with Crippen molar-refractivity contribution in [2.45, 2.75) is 48.0 Å². The van der Waals surface area contributed by atoms with Gasteiger partial charge < -0.3 is 0 Å². The number of halogens is 3. The van der Waals surface area contributed by atoms with E-state index in [1.165, 1.54) is 32.1 Å². The minimum Gasteiger partial charge on any atom is -0.0853 e. The maximum atomic E-state index is 6.39. The van der Waals surface area contributed by atoms with Crippen LogP contribution in [0, 0.1) is 11.8 Å². The van der Waals surface area contributed by atoms with Gasteiger partial charge in [0.1, 0.15) is 4.74 Å². The molecule has 4 aliphatic carbocycles. The summed E-state index contributed by atoms with van der Waals surface area (Å²) in [5.41, 5.74) is 0. The first-order valence-corrected chi connectivity index (χ1v) is 10.9. The number of hydrogen-bond donors (Lipinski definition) is 0. The Kier molecular flexibility index (Phi) is 2.66. The van der Waals surface area contributed by atoms with Crippen LogP contribution < -0.4 is 0 Å². The van der Waals surface area contributed by atoms with Gasteiger partial charge in [0.2, 0.25) is 0 Å². The third-order valence-electron chi connectivity index (χ3n) is 4.51. The fourth-order valence-electron chi connectivity index (χ4n) is 4.41. The van der Waals surface area contributed by atoms with Crippen molar-refractivity contribution >= 4 is 55.0 Å². The van der Waals surface area contributed by atoms with E-state index in [1.807, 2.05) is 0 Å². The lowest BCUT2D eigenvalue weighted by atomic mass is 9.56. The Labute approximate surface area is 114 Å². The molecule has 2 unspecified atom stereocenters. The largest absolute Gasteiger partial charge is 0.125 e. The summed E-state index contributed by atoms with van der Waals surface area (Å²) in [5.74, 6) is 1.65. The highest BCUT2D eigenvalue weighted by Gasteiger charge is 2.60. The Morgan fingerprint density at radius 3 is 2.07 bits per heavy atom. The van der Waals surface area contributed by atoms with Gasteiger partial charge in [-0.25, -0.2) is 0 Å². The minimum absolute atomic E-state index is 0.110. The standard InChI is InChI=1S/C10H14BrCl2PS/c11-9-2-7-1-8(3-9)5-10(4-7,6-9)14(12,13)15/h7-8H,1-6H2. The quantitative estimate of drug-likeness (QED) is 0.460. The third kappa shape index (κ3) is 1.78. The van der Waals surface area contributed by atoms with Crippen LogP contribution in [0.25, 0.3) is 0 Å². The molecule has 4 saturated carbocycles. The van der Waals surface area contributed by atoms with Gasteiger partial charge in [0.05, 0.1) is 0 Å². The molecule has 5 heteroatoms. The second-order valence-corrected chi connectivity index (χ2v) is 15.8. The summed E-state index contributed by atoms with van der Waals surface area (Å²) in [6, 6.07) is 0. The summed E-state index contributed by atoms with van der Waals surface area (Å²) in [7, 11) is 0. The monoisotopic (exact) mass is 346 g/mol. The molecular formula is C10H14BrCl2PS. The Hall–Kier alpha value is 1.71. The molecule has 0 spiro atoms. The second kappa shape index (κ2) is 3.38. The molecule has 0 aromatic carbocycles. The lowest BCUT2D eigenvalue weighted by molar-refractivity contribution is 0.0591. The Morgan fingerprint density at radius 2 is 1.67 bits per heavy atom. The van der Waals surface area contributed by atoms with Crippen LogP contribution >= 0.6 is 43.2 Å².